The topological polar surface area (TPSA) is 99.9 Å². The second-order valence-corrected chi connectivity index (χ2v) is 8.93. The number of sulfonamides is 1. The van der Waals surface area contributed by atoms with E-state index in [-0.39, 0.29) is 12.4 Å². The lowest BCUT2D eigenvalue weighted by atomic mass is 10.2. The van der Waals surface area contributed by atoms with Crippen molar-refractivity contribution in [1.82, 2.24) is 9.97 Å². The van der Waals surface area contributed by atoms with Crippen LogP contribution in [0.15, 0.2) is 47.4 Å². The standard InChI is InChI=1S/C20H21F2N5O3S/c21-14-5-6-15(22)18(13-14)31(29,30)25-19-20(24-17-4-2-1-3-16(17)23-19)27-9-7-26(8-10-27)11-12-28/h1-6,13,28H,7-12H2,(H,23,25)/p+1. The lowest BCUT2D eigenvalue weighted by Gasteiger charge is -2.33. The van der Waals surface area contributed by atoms with Gasteiger partial charge in [0.1, 0.15) is 23.1 Å². The Morgan fingerprint density at radius 1 is 1.06 bits per heavy atom. The van der Waals surface area contributed by atoms with Crippen LogP contribution >= 0.6 is 0 Å². The molecule has 0 unspecified atom stereocenters. The molecule has 8 nitrogen and oxygen atoms in total. The molecule has 4 rings (SSSR count). The van der Waals surface area contributed by atoms with Crippen LogP contribution in [0, 0.1) is 11.6 Å². The Labute approximate surface area is 178 Å². The Kier molecular flexibility index (Phi) is 5.99. The number of quaternary nitrogens is 1. The van der Waals surface area contributed by atoms with Gasteiger partial charge in [0, 0.05) is 0 Å². The molecule has 3 aromatic rings. The molecular formula is C20H22F2N5O3S+. The van der Waals surface area contributed by atoms with E-state index in [1.165, 1.54) is 4.90 Å². The van der Waals surface area contributed by atoms with Gasteiger partial charge in [0.15, 0.2) is 11.6 Å². The number of halogens is 2. The van der Waals surface area contributed by atoms with Gasteiger partial charge in [-0.05, 0) is 30.3 Å². The molecule has 0 spiro atoms. The summed E-state index contributed by atoms with van der Waals surface area (Å²) in [6, 6.07) is 9.25. The Morgan fingerprint density at radius 3 is 2.42 bits per heavy atom. The first-order valence-corrected chi connectivity index (χ1v) is 11.3. The summed E-state index contributed by atoms with van der Waals surface area (Å²) in [5.74, 6) is -1.66. The molecule has 11 heteroatoms. The fourth-order valence-corrected chi connectivity index (χ4v) is 4.68. The van der Waals surface area contributed by atoms with E-state index in [9.17, 15) is 17.2 Å². The maximum atomic E-state index is 14.1. The summed E-state index contributed by atoms with van der Waals surface area (Å²) in [6.07, 6.45) is 0. The molecular weight excluding hydrogens is 428 g/mol. The third-order valence-corrected chi connectivity index (χ3v) is 6.56. The van der Waals surface area contributed by atoms with Crippen LogP contribution < -0.4 is 14.5 Å². The van der Waals surface area contributed by atoms with E-state index in [1.807, 2.05) is 4.90 Å². The molecule has 164 valence electrons. The molecule has 1 aliphatic rings. The quantitative estimate of drug-likeness (QED) is 0.503. The van der Waals surface area contributed by atoms with Crippen molar-refractivity contribution in [2.24, 2.45) is 0 Å². The number of nitrogens with one attached hydrogen (secondary N) is 2. The number of aliphatic hydroxyl groups is 1. The van der Waals surface area contributed by atoms with Crippen LogP contribution in [0.1, 0.15) is 0 Å². The van der Waals surface area contributed by atoms with Crippen LogP contribution in [0.25, 0.3) is 11.0 Å². The maximum Gasteiger partial charge on any atom is 0.266 e. The number of anilines is 2. The van der Waals surface area contributed by atoms with Crippen LogP contribution in [0.5, 0.6) is 0 Å². The molecule has 2 aromatic carbocycles. The molecule has 3 N–H and O–H groups in total. The number of aromatic nitrogens is 2. The summed E-state index contributed by atoms with van der Waals surface area (Å²) < 4.78 is 55.7. The summed E-state index contributed by atoms with van der Waals surface area (Å²) in [5, 5.41) is 9.15. The zero-order valence-electron chi connectivity index (χ0n) is 16.6. The zero-order valence-corrected chi connectivity index (χ0v) is 17.4. The highest BCUT2D eigenvalue weighted by atomic mass is 32.2. The summed E-state index contributed by atoms with van der Waals surface area (Å²) >= 11 is 0. The van der Waals surface area contributed by atoms with Crippen molar-refractivity contribution >= 4 is 32.7 Å². The average molecular weight is 450 g/mol. The minimum atomic E-state index is -4.45. The zero-order chi connectivity index (χ0) is 22.0. The predicted molar refractivity (Wildman–Crippen MR) is 112 cm³/mol. The van der Waals surface area contributed by atoms with Crippen molar-refractivity contribution in [2.45, 2.75) is 4.90 Å². The van der Waals surface area contributed by atoms with E-state index < -0.39 is 26.6 Å². The van der Waals surface area contributed by atoms with E-state index in [4.69, 9.17) is 5.11 Å². The van der Waals surface area contributed by atoms with Gasteiger partial charge in [-0.2, -0.15) is 0 Å². The monoisotopic (exact) mass is 450 g/mol. The van der Waals surface area contributed by atoms with E-state index in [2.05, 4.69) is 14.7 Å². The number of hydrogen-bond donors (Lipinski definition) is 3. The van der Waals surface area contributed by atoms with Gasteiger partial charge in [0.05, 0.1) is 43.8 Å². The molecule has 1 aromatic heterocycles. The third kappa shape index (κ3) is 4.58. The number of aliphatic hydroxyl groups excluding tert-OH is 1. The molecule has 0 aliphatic carbocycles. The highest BCUT2D eigenvalue weighted by Gasteiger charge is 2.27. The number of nitrogens with zero attached hydrogens (tertiary/aromatic N) is 3. The number of piperazine rings is 1. The van der Waals surface area contributed by atoms with Gasteiger partial charge >= 0.3 is 0 Å². The molecule has 1 fully saturated rings. The van der Waals surface area contributed by atoms with Gasteiger partial charge in [0.25, 0.3) is 10.0 Å². The third-order valence-electron chi connectivity index (χ3n) is 5.20. The Hall–Kier alpha value is -2.89. The van der Waals surface area contributed by atoms with Gasteiger partial charge in [0.2, 0.25) is 0 Å². The van der Waals surface area contributed by atoms with Crippen LogP contribution in [0.2, 0.25) is 0 Å². The minimum Gasteiger partial charge on any atom is -0.391 e. The van der Waals surface area contributed by atoms with Gasteiger partial charge in [-0.3, -0.25) is 4.72 Å². The van der Waals surface area contributed by atoms with Crippen molar-refractivity contribution in [1.29, 1.82) is 0 Å². The van der Waals surface area contributed by atoms with E-state index in [1.54, 1.807) is 24.3 Å². The maximum absolute atomic E-state index is 14.1. The summed E-state index contributed by atoms with van der Waals surface area (Å²) in [5.41, 5.74) is 1.05. The van der Waals surface area contributed by atoms with E-state index >= 15 is 0 Å². The van der Waals surface area contributed by atoms with E-state index in [0.717, 1.165) is 25.2 Å². The summed E-state index contributed by atoms with van der Waals surface area (Å²) in [7, 11) is -4.45. The van der Waals surface area contributed by atoms with Gasteiger partial charge in [-0.1, -0.05) is 12.1 Å². The van der Waals surface area contributed by atoms with Crippen LogP contribution in [0.3, 0.4) is 0 Å². The normalized spacial score (nSPS) is 15.4. The first-order chi connectivity index (χ1) is 14.9. The lowest BCUT2D eigenvalue weighted by molar-refractivity contribution is -0.900. The summed E-state index contributed by atoms with van der Waals surface area (Å²) in [4.78, 5) is 11.3. The first kappa shape index (κ1) is 21.3. The highest BCUT2D eigenvalue weighted by molar-refractivity contribution is 7.92. The molecule has 0 bridgehead atoms. The number of para-hydroxylation sites is 2. The molecule has 1 saturated heterocycles. The van der Waals surface area contributed by atoms with Crippen LogP contribution in [0.4, 0.5) is 20.4 Å². The largest absolute Gasteiger partial charge is 0.391 e. The molecule has 0 atom stereocenters. The molecule has 31 heavy (non-hydrogen) atoms. The molecule has 2 heterocycles. The Balaban J connectivity index is 1.72. The van der Waals surface area contributed by atoms with Crippen LogP contribution in [-0.4, -0.2) is 62.8 Å². The number of fused-ring (bicyclic) bond motifs is 1. The van der Waals surface area contributed by atoms with Gasteiger partial charge < -0.3 is 14.9 Å². The fourth-order valence-electron chi connectivity index (χ4n) is 3.59. The second kappa shape index (κ2) is 8.69. The Bertz CT molecular complexity index is 1200. The van der Waals surface area contributed by atoms with Crippen molar-refractivity contribution < 1.29 is 27.2 Å². The molecule has 0 saturated carbocycles. The number of rotatable bonds is 6. The Morgan fingerprint density at radius 2 is 1.74 bits per heavy atom. The average Bonchev–Trinajstić information content (AvgIpc) is 2.75. The van der Waals surface area contributed by atoms with Crippen molar-refractivity contribution in [3.8, 4) is 0 Å². The lowest BCUT2D eigenvalue weighted by Crippen LogP contribution is -3.15. The molecule has 0 amide bonds. The van der Waals surface area contributed by atoms with Crippen molar-refractivity contribution in [2.75, 3.05) is 49.0 Å². The van der Waals surface area contributed by atoms with Gasteiger partial charge in [-0.15, -0.1) is 0 Å². The first-order valence-electron chi connectivity index (χ1n) is 9.81. The SMILES string of the molecule is O=S(=O)(Nc1nc2ccccc2nc1N1CC[NH+](CCO)CC1)c1cc(F)ccc1F. The minimum absolute atomic E-state index is 0.0482. The fraction of sp³-hybridized carbons (Fsp3) is 0.300. The highest BCUT2D eigenvalue weighted by Crippen LogP contribution is 2.28. The van der Waals surface area contributed by atoms with Crippen molar-refractivity contribution in [3.05, 3.63) is 54.1 Å². The number of hydrogen-bond acceptors (Lipinski definition) is 6. The molecule has 1 aliphatic heterocycles. The van der Waals surface area contributed by atoms with Crippen LogP contribution in [-0.2, 0) is 10.0 Å². The van der Waals surface area contributed by atoms with Gasteiger partial charge in [-0.25, -0.2) is 27.2 Å². The summed E-state index contributed by atoms with van der Waals surface area (Å²) in [6.45, 7) is 3.35. The molecule has 0 radical (unpaired) electrons. The number of benzene rings is 2. The predicted octanol–water partition coefficient (Wildman–Crippen LogP) is 0.406. The second-order valence-electron chi connectivity index (χ2n) is 7.28. The van der Waals surface area contributed by atoms with E-state index in [0.29, 0.717) is 42.6 Å². The smallest absolute Gasteiger partial charge is 0.266 e. The van der Waals surface area contributed by atoms with Crippen molar-refractivity contribution in [3.63, 3.8) is 0 Å².